The second-order valence-electron chi connectivity index (χ2n) is 4.36. The van der Waals surface area contributed by atoms with Gasteiger partial charge < -0.3 is 0 Å². The summed E-state index contributed by atoms with van der Waals surface area (Å²) in [5, 5.41) is 9.77. The minimum atomic E-state index is 0.619. The average Bonchev–Trinajstić information content (AvgIpc) is 2.77. The summed E-state index contributed by atoms with van der Waals surface area (Å²) >= 11 is 1.52. The Bertz CT molecular complexity index is 354. The maximum absolute atomic E-state index is 5.29. The Balaban J connectivity index is 1.88. The molecule has 1 aromatic heterocycles. The third-order valence-corrected chi connectivity index (χ3v) is 4.04. The van der Waals surface area contributed by atoms with Gasteiger partial charge in [0.25, 0.3) is 0 Å². The van der Waals surface area contributed by atoms with E-state index in [0.717, 1.165) is 37.7 Å². The van der Waals surface area contributed by atoms with E-state index in [0.29, 0.717) is 11.2 Å². The summed E-state index contributed by atoms with van der Waals surface area (Å²) in [4.78, 5) is 4.93. The molecule has 1 fully saturated rings. The molecule has 1 unspecified atom stereocenters. The van der Waals surface area contributed by atoms with E-state index in [1.165, 1.54) is 11.3 Å². The van der Waals surface area contributed by atoms with E-state index in [9.17, 15) is 0 Å². The van der Waals surface area contributed by atoms with Crippen molar-refractivity contribution in [2.24, 2.45) is 5.84 Å². The summed E-state index contributed by atoms with van der Waals surface area (Å²) in [7, 11) is 0. The van der Waals surface area contributed by atoms with E-state index in [4.69, 9.17) is 5.84 Å². The predicted octanol–water partition coefficient (Wildman–Crippen LogP) is 0.350. The quantitative estimate of drug-likeness (QED) is 0.598. The molecule has 0 saturated carbocycles. The predicted molar refractivity (Wildman–Crippen MR) is 69.7 cm³/mol. The van der Waals surface area contributed by atoms with Gasteiger partial charge in [-0.3, -0.25) is 15.2 Å². The van der Waals surface area contributed by atoms with Crippen molar-refractivity contribution >= 4 is 16.5 Å². The Morgan fingerprint density at radius 1 is 1.47 bits per heavy atom. The molecule has 1 aromatic rings. The molecule has 2 heterocycles. The van der Waals surface area contributed by atoms with Gasteiger partial charge in [-0.15, -0.1) is 10.2 Å². The van der Waals surface area contributed by atoms with Gasteiger partial charge in [0.1, 0.15) is 5.01 Å². The number of hydrogen-bond acceptors (Lipinski definition) is 7. The van der Waals surface area contributed by atoms with Gasteiger partial charge in [-0.1, -0.05) is 18.3 Å². The van der Waals surface area contributed by atoms with Crippen LogP contribution < -0.4 is 11.3 Å². The summed E-state index contributed by atoms with van der Waals surface area (Å²) in [6, 6.07) is 0.619. The Labute approximate surface area is 106 Å². The molecular formula is C10H20N6S. The lowest BCUT2D eigenvalue weighted by Gasteiger charge is -2.38. The number of nitrogen functional groups attached to an aromatic ring is 1. The smallest absolute Gasteiger partial charge is 0.219 e. The van der Waals surface area contributed by atoms with Gasteiger partial charge in [0.15, 0.2) is 0 Å². The molecule has 1 saturated heterocycles. The van der Waals surface area contributed by atoms with Gasteiger partial charge in [-0.2, -0.15) is 0 Å². The van der Waals surface area contributed by atoms with Crippen molar-refractivity contribution in [1.29, 1.82) is 0 Å². The van der Waals surface area contributed by atoms with Crippen molar-refractivity contribution in [3.8, 4) is 0 Å². The summed E-state index contributed by atoms with van der Waals surface area (Å²) in [6.45, 7) is 9.84. The van der Waals surface area contributed by atoms with Gasteiger partial charge in [0.05, 0.1) is 6.54 Å². The number of aromatic nitrogens is 2. The monoisotopic (exact) mass is 256 g/mol. The van der Waals surface area contributed by atoms with Crippen molar-refractivity contribution in [3.63, 3.8) is 0 Å². The maximum atomic E-state index is 5.29. The molecule has 96 valence electrons. The number of nitrogens with one attached hydrogen (secondary N) is 1. The second kappa shape index (κ2) is 5.72. The normalized spacial score (nSPS) is 22.9. The van der Waals surface area contributed by atoms with Gasteiger partial charge in [-0.05, 0) is 13.5 Å². The molecule has 3 N–H and O–H groups in total. The lowest BCUT2D eigenvalue weighted by Crippen LogP contribution is -2.51. The van der Waals surface area contributed by atoms with Crippen molar-refractivity contribution in [3.05, 3.63) is 5.01 Å². The average molecular weight is 256 g/mol. The third kappa shape index (κ3) is 3.12. The minimum Gasteiger partial charge on any atom is -0.298 e. The molecule has 0 radical (unpaired) electrons. The van der Waals surface area contributed by atoms with Crippen LogP contribution in [0.25, 0.3) is 0 Å². The summed E-state index contributed by atoms with van der Waals surface area (Å²) in [5.74, 6) is 5.29. The SMILES string of the molecule is CCN1CCN(Cc2nnc(NN)s2)CC1C. The highest BCUT2D eigenvalue weighted by atomic mass is 32.1. The Morgan fingerprint density at radius 2 is 2.29 bits per heavy atom. The number of nitrogens with two attached hydrogens (primary N) is 1. The minimum absolute atomic E-state index is 0.619. The van der Waals surface area contributed by atoms with Gasteiger partial charge in [0, 0.05) is 25.7 Å². The van der Waals surface area contributed by atoms with Crippen molar-refractivity contribution in [1.82, 2.24) is 20.0 Å². The first-order chi connectivity index (χ1) is 8.22. The van der Waals surface area contributed by atoms with Crippen molar-refractivity contribution in [2.75, 3.05) is 31.6 Å². The molecule has 1 aliphatic heterocycles. The van der Waals surface area contributed by atoms with Gasteiger partial charge >= 0.3 is 0 Å². The molecule has 0 bridgehead atoms. The molecule has 0 spiro atoms. The molecule has 0 aliphatic carbocycles. The van der Waals surface area contributed by atoms with E-state index < -0.39 is 0 Å². The lowest BCUT2D eigenvalue weighted by molar-refractivity contribution is 0.0833. The zero-order chi connectivity index (χ0) is 12.3. The summed E-state index contributed by atoms with van der Waals surface area (Å²) in [5.41, 5.74) is 2.53. The van der Waals surface area contributed by atoms with Gasteiger partial charge in [-0.25, -0.2) is 5.84 Å². The molecule has 6 nitrogen and oxygen atoms in total. The van der Waals surface area contributed by atoms with Crippen LogP contribution in [0, 0.1) is 0 Å². The Hall–Kier alpha value is -0.760. The lowest BCUT2D eigenvalue weighted by atomic mass is 10.2. The maximum Gasteiger partial charge on any atom is 0.219 e. The van der Waals surface area contributed by atoms with Crippen molar-refractivity contribution < 1.29 is 0 Å². The van der Waals surface area contributed by atoms with Crippen LogP contribution in [0.3, 0.4) is 0 Å². The number of hydrazine groups is 1. The van der Waals surface area contributed by atoms with E-state index in [-0.39, 0.29) is 0 Å². The van der Waals surface area contributed by atoms with Crippen LogP contribution >= 0.6 is 11.3 Å². The fourth-order valence-electron chi connectivity index (χ4n) is 2.25. The zero-order valence-corrected chi connectivity index (χ0v) is 11.2. The number of piperazine rings is 1. The molecule has 2 rings (SSSR count). The van der Waals surface area contributed by atoms with E-state index >= 15 is 0 Å². The fourth-order valence-corrected chi connectivity index (χ4v) is 2.94. The topological polar surface area (TPSA) is 70.3 Å². The Morgan fingerprint density at radius 3 is 2.88 bits per heavy atom. The van der Waals surface area contributed by atoms with Crippen LogP contribution in [0.1, 0.15) is 18.9 Å². The molecular weight excluding hydrogens is 236 g/mol. The van der Waals surface area contributed by atoms with Crippen LogP contribution in [-0.2, 0) is 6.54 Å². The first-order valence-corrected chi connectivity index (χ1v) is 6.80. The second-order valence-corrected chi connectivity index (χ2v) is 5.42. The summed E-state index contributed by atoms with van der Waals surface area (Å²) < 4.78 is 0. The Kier molecular flexibility index (Phi) is 4.27. The third-order valence-electron chi connectivity index (χ3n) is 3.20. The van der Waals surface area contributed by atoms with E-state index in [2.05, 4.69) is 39.3 Å². The molecule has 0 aromatic carbocycles. The number of likely N-dealkylation sites (N-methyl/N-ethyl adjacent to an activating group) is 1. The van der Waals surface area contributed by atoms with Crippen LogP contribution in [-0.4, -0.2) is 52.2 Å². The molecule has 17 heavy (non-hydrogen) atoms. The van der Waals surface area contributed by atoms with Crippen LogP contribution in [0.15, 0.2) is 0 Å². The number of nitrogens with zero attached hydrogens (tertiary/aromatic N) is 4. The van der Waals surface area contributed by atoms with E-state index in [1.54, 1.807) is 0 Å². The van der Waals surface area contributed by atoms with Crippen molar-refractivity contribution in [2.45, 2.75) is 26.4 Å². The van der Waals surface area contributed by atoms with E-state index in [1.807, 2.05) is 0 Å². The number of rotatable bonds is 4. The standard InChI is InChI=1S/C10H20N6S/c1-3-16-5-4-15(6-8(16)2)7-9-13-14-10(12-11)17-9/h8H,3-7,11H2,1-2H3,(H,12,14). The number of anilines is 1. The highest BCUT2D eigenvalue weighted by Gasteiger charge is 2.22. The highest BCUT2D eigenvalue weighted by molar-refractivity contribution is 7.15. The first kappa shape index (κ1) is 12.7. The molecule has 1 aliphatic rings. The van der Waals surface area contributed by atoms with Crippen LogP contribution in [0.4, 0.5) is 5.13 Å². The fraction of sp³-hybridized carbons (Fsp3) is 0.800. The van der Waals surface area contributed by atoms with Gasteiger partial charge in [0.2, 0.25) is 5.13 Å². The van der Waals surface area contributed by atoms with Crippen LogP contribution in [0.5, 0.6) is 0 Å². The molecule has 0 amide bonds. The molecule has 7 heteroatoms. The first-order valence-electron chi connectivity index (χ1n) is 5.98. The zero-order valence-electron chi connectivity index (χ0n) is 10.4. The highest BCUT2D eigenvalue weighted by Crippen LogP contribution is 2.17. The van der Waals surface area contributed by atoms with Crippen LogP contribution in [0.2, 0.25) is 0 Å². The number of hydrogen-bond donors (Lipinski definition) is 2. The summed E-state index contributed by atoms with van der Waals surface area (Å²) in [6.07, 6.45) is 0. The largest absolute Gasteiger partial charge is 0.298 e. The molecule has 1 atom stereocenters.